The van der Waals surface area contributed by atoms with Crippen molar-refractivity contribution in [3.63, 3.8) is 0 Å². The van der Waals surface area contributed by atoms with E-state index in [4.69, 9.17) is 9.47 Å². The molecule has 0 bridgehead atoms. The number of nitrogens with one attached hydrogen (secondary N) is 2. The van der Waals surface area contributed by atoms with E-state index in [2.05, 4.69) is 10.6 Å². The van der Waals surface area contributed by atoms with E-state index in [1.54, 1.807) is 27.7 Å². The lowest BCUT2D eigenvalue weighted by atomic mass is 9.61. The van der Waals surface area contributed by atoms with E-state index in [0.717, 1.165) is 12.8 Å². The lowest BCUT2D eigenvalue weighted by molar-refractivity contribution is -0.221. The van der Waals surface area contributed by atoms with Gasteiger partial charge in [0.15, 0.2) is 0 Å². The van der Waals surface area contributed by atoms with Gasteiger partial charge in [-0.25, -0.2) is 4.79 Å². The van der Waals surface area contributed by atoms with Gasteiger partial charge in [-0.1, -0.05) is 0 Å². The van der Waals surface area contributed by atoms with Gasteiger partial charge in [-0.2, -0.15) is 0 Å². The maximum absolute atomic E-state index is 12.9. The average molecular weight is 314 g/mol. The molecule has 0 atom stereocenters. The molecule has 1 fully saturated rings. The van der Waals surface area contributed by atoms with Gasteiger partial charge in [0.05, 0.1) is 6.17 Å². The Morgan fingerprint density at radius 2 is 1.50 bits per heavy atom. The standard InChI is InChI=1S/C16H30N2O4/c1-14(2)16(5,15(3,4)22-13(20)21-14)11(19)9-8-10-12(17-6)18-7/h12,17-18H,8-10H2,1-7H3. The minimum Gasteiger partial charge on any atom is -0.427 e. The third-order valence-corrected chi connectivity index (χ3v) is 5.24. The van der Waals surface area contributed by atoms with Crippen LogP contribution in [0.2, 0.25) is 0 Å². The number of carbonyl (C=O) groups excluding carboxylic acids is 2. The molecule has 1 heterocycles. The van der Waals surface area contributed by atoms with Crippen LogP contribution in [0.25, 0.3) is 0 Å². The number of ether oxygens (including phenoxy) is 2. The monoisotopic (exact) mass is 314 g/mol. The number of ketones is 1. The molecule has 1 rings (SSSR count). The van der Waals surface area contributed by atoms with Crippen LogP contribution < -0.4 is 10.6 Å². The van der Waals surface area contributed by atoms with Crippen LogP contribution in [-0.2, 0) is 14.3 Å². The summed E-state index contributed by atoms with van der Waals surface area (Å²) < 4.78 is 10.6. The van der Waals surface area contributed by atoms with E-state index in [1.807, 2.05) is 21.0 Å². The normalized spacial score (nSPS) is 22.1. The Balaban J connectivity index is 2.86. The van der Waals surface area contributed by atoms with Crippen LogP contribution in [0, 0.1) is 5.41 Å². The summed E-state index contributed by atoms with van der Waals surface area (Å²) in [5.41, 5.74) is -2.72. The molecule has 2 N–H and O–H groups in total. The lowest BCUT2D eigenvalue weighted by Crippen LogP contribution is -2.66. The molecule has 0 aromatic rings. The van der Waals surface area contributed by atoms with Crippen LogP contribution in [0.3, 0.4) is 0 Å². The molecule has 128 valence electrons. The second-order valence-electron chi connectivity index (χ2n) is 7.05. The van der Waals surface area contributed by atoms with Gasteiger partial charge in [-0.15, -0.1) is 0 Å². The minimum absolute atomic E-state index is 0.0564. The quantitative estimate of drug-likeness (QED) is 0.554. The summed E-state index contributed by atoms with van der Waals surface area (Å²) in [5, 5.41) is 6.27. The van der Waals surface area contributed by atoms with Crippen molar-refractivity contribution in [2.24, 2.45) is 5.41 Å². The maximum atomic E-state index is 12.9. The Hall–Kier alpha value is -1.14. The molecule has 1 saturated heterocycles. The molecule has 0 aliphatic carbocycles. The van der Waals surface area contributed by atoms with E-state index in [0.29, 0.717) is 6.42 Å². The zero-order valence-corrected chi connectivity index (χ0v) is 14.8. The molecule has 22 heavy (non-hydrogen) atoms. The maximum Gasteiger partial charge on any atom is 0.509 e. The summed E-state index contributed by atoms with van der Waals surface area (Å²) in [7, 11) is 3.76. The minimum atomic E-state index is -0.908. The molecule has 0 amide bonds. The summed E-state index contributed by atoms with van der Waals surface area (Å²) in [6.07, 6.45) is 1.48. The zero-order valence-electron chi connectivity index (χ0n) is 14.8. The van der Waals surface area contributed by atoms with Crippen molar-refractivity contribution >= 4 is 11.9 Å². The summed E-state index contributed by atoms with van der Waals surface area (Å²) in [4.78, 5) is 24.5. The largest absolute Gasteiger partial charge is 0.509 e. The van der Waals surface area contributed by atoms with Gasteiger partial charge in [-0.05, 0) is 61.6 Å². The Kier molecular flexibility index (Phi) is 5.62. The van der Waals surface area contributed by atoms with E-state index < -0.39 is 22.8 Å². The van der Waals surface area contributed by atoms with Crippen LogP contribution in [0.1, 0.15) is 53.9 Å². The Labute approximate surface area is 133 Å². The second kappa shape index (κ2) is 6.54. The van der Waals surface area contributed by atoms with E-state index in [1.165, 1.54) is 0 Å². The van der Waals surface area contributed by atoms with Crippen molar-refractivity contribution in [3.8, 4) is 0 Å². The number of carbonyl (C=O) groups is 2. The smallest absolute Gasteiger partial charge is 0.427 e. The van der Waals surface area contributed by atoms with Crippen molar-refractivity contribution in [1.29, 1.82) is 0 Å². The van der Waals surface area contributed by atoms with Gasteiger partial charge in [0.1, 0.15) is 22.4 Å². The van der Waals surface area contributed by atoms with Gasteiger partial charge in [0.2, 0.25) is 0 Å². The highest BCUT2D eigenvalue weighted by Gasteiger charge is 2.63. The highest BCUT2D eigenvalue weighted by molar-refractivity contribution is 5.88. The summed E-state index contributed by atoms with van der Waals surface area (Å²) >= 11 is 0. The van der Waals surface area contributed by atoms with E-state index in [9.17, 15) is 9.59 Å². The predicted molar refractivity (Wildman–Crippen MR) is 84.6 cm³/mol. The van der Waals surface area contributed by atoms with Crippen LogP contribution in [0.15, 0.2) is 0 Å². The van der Waals surface area contributed by atoms with Crippen LogP contribution in [0.5, 0.6) is 0 Å². The summed E-state index contributed by atoms with van der Waals surface area (Å²) in [6, 6.07) is 0. The molecule has 6 heteroatoms. The highest BCUT2D eigenvalue weighted by atomic mass is 16.8. The van der Waals surface area contributed by atoms with Crippen LogP contribution in [-0.4, -0.2) is 43.4 Å². The fraction of sp³-hybridized carbons (Fsp3) is 0.875. The molecule has 0 aromatic carbocycles. The van der Waals surface area contributed by atoms with Crippen molar-refractivity contribution < 1.29 is 19.1 Å². The molecular weight excluding hydrogens is 284 g/mol. The first-order valence-corrected chi connectivity index (χ1v) is 7.81. The van der Waals surface area contributed by atoms with E-state index in [-0.39, 0.29) is 11.9 Å². The Bertz CT molecular complexity index is 408. The summed E-state index contributed by atoms with van der Waals surface area (Å²) in [6.45, 7) is 8.93. The highest BCUT2D eigenvalue weighted by Crippen LogP contribution is 2.50. The molecule has 0 spiro atoms. The fourth-order valence-corrected chi connectivity index (χ4v) is 3.19. The third kappa shape index (κ3) is 3.27. The van der Waals surface area contributed by atoms with Gasteiger partial charge in [0.25, 0.3) is 0 Å². The first-order valence-electron chi connectivity index (χ1n) is 7.81. The topological polar surface area (TPSA) is 76.7 Å². The second-order valence-corrected chi connectivity index (χ2v) is 7.05. The van der Waals surface area contributed by atoms with Gasteiger partial charge >= 0.3 is 6.16 Å². The number of cyclic esters (lactones) is 2. The first kappa shape index (κ1) is 18.9. The predicted octanol–water partition coefficient (Wildman–Crippen LogP) is 2.22. The van der Waals surface area contributed by atoms with Gasteiger partial charge in [0, 0.05) is 6.42 Å². The molecule has 0 saturated carbocycles. The molecule has 1 aliphatic heterocycles. The Morgan fingerprint density at radius 3 is 1.91 bits per heavy atom. The number of Topliss-reactive ketones (excluding diaryl/α,β-unsaturated/α-hetero) is 1. The van der Waals surface area contributed by atoms with Crippen molar-refractivity contribution in [3.05, 3.63) is 0 Å². The van der Waals surface area contributed by atoms with Crippen molar-refractivity contribution in [2.45, 2.75) is 71.2 Å². The molecule has 0 radical (unpaired) electrons. The first-order chi connectivity index (χ1) is 10.0. The van der Waals surface area contributed by atoms with Crippen LogP contribution in [0.4, 0.5) is 4.79 Å². The Morgan fingerprint density at radius 1 is 1.05 bits per heavy atom. The zero-order chi connectivity index (χ0) is 17.2. The number of hydrogen-bond donors (Lipinski definition) is 2. The average Bonchev–Trinajstić information content (AvgIpc) is 2.39. The molecule has 0 unspecified atom stereocenters. The fourth-order valence-electron chi connectivity index (χ4n) is 3.19. The van der Waals surface area contributed by atoms with E-state index >= 15 is 0 Å². The number of rotatable bonds is 7. The molecule has 6 nitrogen and oxygen atoms in total. The SMILES string of the molecule is CNC(CCCC(=O)C1(C)C(C)(C)OC(=O)OC1(C)C)NC. The summed E-state index contributed by atoms with van der Waals surface area (Å²) in [5.74, 6) is 0.0564. The number of hydrogen-bond acceptors (Lipinski definition) is 6. The van der Waals surface area contributed by atoms with Gasteiger partial charge in [-0.3, -0.25) is 4.79 Å². The lowest BCUT2D eigenvalue weighted by Gasteiger charge is -2.54. The van der Waals surface area contributed by atoms with Crippen LogP contribution >= 0.6 is 0 Å². The molecular formula is C16H30N2O4. The van der Waals surface area contributed by atoms with Gasteiger partial charge < -0.3 is 20.1 Å². The van der Waals surface area contributed by atoms with Crippen molar-refractivity contribution in [1.82, 2.24) is 10.6 Å². The third-order valence-electron chi connectivity index (χ3n) is 5.24. The molecule has 0 aromatic heterocycles. The molecule has 1 aliphatic rings. The van der Waals surface area contributed by atoms with Crippen molar-refractivity contribution in [2.75, 3.05) is 14.1 Å².